The maximum atomic E-state index is 12.9. The predicted octanol–water partition coefficient (Wildman–Crippen LogP) is 15.6. The first-order valence-corrected chi connectivity index (χ1v) is 25.1. The molecule has 0 saturated carbocycles. The predicted molar refractivity (Wildman–Crippen MR) is 297 cm³/mol. The Hall–Kier alpha value is -9.42. The number of hydrogen-bond acceptors (Lipinski definition) is 3. The van der Waals surface area contributed by atoms with Gasteiger partial charge in [0.05, 0.1) is 61.3 Å². The smallest absolute Gasteiger partial charge is 0.145 e. The van der Waals surface area contributed by atoms with Gasteiger partial charge in [0.25, 0.3) is 0 Å². The van der Waals surface area contributed by atoms with Crippen LogP contribution in [0.15, 0.2) is 249 Å². The molecule has 5 nitrogen and oxygen atoms in total. The Balaban J connectivity index is 0.000000125. The van der Waals surface area contributed by atoms with Crippen molar-refractivity contribution in [1.29, 1.82) is 0 Å². The number of para-hydroxylation sites is 8. The lowest BCUT2D eigenvalue weighted by molar-refractivity contribution is 0.130. The topological polar surface area (TPSA) is 55.9 Å². The molecule has 10 aromatic carbocycles. The van der Waals surface area contributed by atoms with Crippen LogP contribution >= 0.6 is 0 Å². The van der Waals surface area contributed by atoms with Gasteiger partial charge in [-0.3, -0.25) is 0 Å². The van der Waals surface area contributed by atoms with Crippen LogP contribution in [0.4, 0.5) is 0 Å². The van der Waals surface area contributed by atoms with E-state index in [4.69, 9.17) is 9.97 Å². The largest absolute Gasteiger partial charge is 0.376 e. The summed E-state index contributed by atoms with van der Waals surface area (Å²) < 4.78 is 4.77. The van der Waals surface area contributed by atoms with Crippen LogP contribution in [-0.2, 0) is 11.0 Å². The van der Waals surface area contributed by atoms with E-state index in [0.717, 1.165) is 66.8 Å². The minimum absolute atomic E-state index is 0.427. The number of aromatic nitrogens is 4. The average Bonchev–Trinajstić information content (AvgIpc) is 4.14. The van der Waals surface area contributed by atoms with Crippen LogP contribution in [-0.4, -0.2) is 24.2 Å². The highest BCUT2D eigenvalue weighted by molar-refractivity contribution is 6.13. The minimum atomic E-state index is -1.36. The number of pyridine rings is 2. The van der Waals surface area contributed by atoms with Crippen LogP contribution in [0.5, 0.6) is 0 Å². The zero-order valence-electron chi connectivity index (χ0n) is 39.4. The first-order chi connectivity index (χ1) is 36.1. The maximum Gasteiger partial charge on any atom is 0.145 e. The van der Waals surface area contributed by atoms with Crippen molar-refractivity contribution in [2.24, 2.45) is 0 Å². The van der Waals surface area contributed by atoms with E-state index in [-0.39, 0.29) is 0 Å². The zero-order valence-corrected chi connectivity index (χ0v) is 39.4. The molecule has 2 unspecified atom stereocenters. The van der Waals surface area contributed by atoms with Crippen molar-refractivity contribution in [3.8, 4) is 33.9 Å². The summed E-state index contributed by atoms with van der Waals surface area (Å²) in [6.45, 7) is 0. The van der Waals surface area contributed by atoms with Gasteiger partial charge in [0.1, 0.15) is 5.60 Å². The molecule has 1 spiro atoms. The highest BCUT2D eigenvalue weighted by atomic mass is 16.3. The van der Waals surface area contributed by atoms with Crippen LogP contribution in [0.25, 0.3) is 99.3 Å². The van der Waals surface area contributed by atoms with Crippen LogP contribution in [0.2, 0.25) is 0 Å². The lowest BCUT2D eigenvalue weighted by atomic mass is 9.65. The normalized spacial score (nSPS) is 16.7. The van der Waals surface area contributed by atoms with E-state index in [1.54, 1.807) is 0 Å². The molecule has 14 aromatic rings. The molecule has 0 radical (unpaired) electrons. The van der Waals surface area contributed by atoms with E-state index in [1.165, 1.54) is 71.5 Å². The Morgan fingerprint density at radius 3 is 1.40 bits per heavy atom. The van der Waals surface area contributed by atoms with E-state index < -0.39 is 11.0 Å². The van der Waals surface area contributed by atoms with Crippen molar-refractivity contribution in [1.82, 2.24) is 19.1 Å². The molecule has 73 heavy (non-hydrogen) atoms. The van der Waals surface area contributed by atoms with Gasteiger partial charge in [-0.05, 0) is 76.9 Å². The van der Waals surface area contributed by atoms with Crippen molar-refractivity contribution in [3.63, 3.8) is 0 Å². The van der Waals surface area contributed by atoms with Gasteiger partial charge in [0, 0.05) is 60.1 Å². The molecule has 4 aromatic heterocycles. The Morgan fingerprint density at radius 2 is 0.740 bits per heavy atom. The zero-order chi connectivity index (χ0) is 48.0. The van der Waals surface area contributed by atoms with Gasteiger partial charge in [-0.15, -0.1) is 0 Å². The van der Waals surface area contributed by atoms with Crippen molar-refractivity contribution in [3.05, 3.63) is 288 Å². The van der Waals surface area contributed by atoms with Crippen LogP contribution < -0.4 is 0 Å². The summed E-state index contributed by atoms with van der Waals surface area (Å²) in [4.78, 5) is 10.3. The quantitative estimate of drug-likeness (QED) is 0.188. The highest BCUT2D eigenvalue weighted by Crippen LogP contribution is 2.61. The fourth-order valence-electron chi connectivity index (χ4n) is 13.2. The van der Waals surface area contributed by atoms with Gasteiger partial charge in [0.15, 0.2) is 0 Å². The number of benzene rings is 10. The molecule has 340 valence electrons. The van der Waals surface area contributed by atoms with Gasteiger partial charge in [0.2, 0.25) is 0 Å². The molecule has 0 bridgehead atoms. The first kappa shape index (κ1) is 40.3. The van der Waals surface area contributed by atoms with Crippen LogP contribution in [0, 0.1) is 0 Å². The van der Waals surface area contributed by atoms with Crippen LogP contribution in [0.1, 0.15) is 38.9 Å². The Labute approximate surface area is 420 Å². The molecule has 1 N–H and O–H groups in total. The molecule has 0 amide bonds. The summed E-state index contributed by atoms with van der Waals surface area (Å²) in [5.74, 6) is 0. The third kappa shape index (κ3) is 5.23. The van der Waals surface area contributed by atoms with Crippen molar-refractivity contribution in [2.75, 3.05) is 0 Å². The summed E-state index contributed by atoms with van der Waals surface area (Å²) in [5, 5.41) is 20.1. The van der Waals surface area contributed by atoms with E-state index >= 15 is 0 Å². The molecule has 0 fully saturated rings. The molecule has 17 rings (SSSR count). The van der Waals surface area contributed by atoms with Crippen molar-refractivity contribution < 1.29 is 5.11 Å². The molecule has 5 heteroatoms. The molecular weight excluding hydrogens is 889 g/mol. The lowest BCUT2D eigenvalue weighted by Gasteiger charge is -2.39. The molecule has 0 saturated heterocycles. The summed E-state index contributed by atoms with van der Waals surface area (Å²) in [6, 6.07) is 87.9. The van der Waals surface area contributed by atoms with Gasteiger partial charge in [-0.2, -0.15) is 0 Å². The molecular formula is C68H42N4O. The van der Waals surface area contributed by atoms with Gasteiger partial charge >= 0.3 is 0 Å². The summed E-state index contributed by atoms with van der Waals surface area (Å²) >= 11 is 0. The Morgan fingerprint density at radius 1 is 0.315 bits per heavy atom. The first-order valence-electron chi connectivity index (χ1n) is 25.1. The van der Waals surface area contributed by atoms with Crippen molar-refractivity contribution in [2.45, 2.75) is 11.0 Å². The Bertz CT molecular complexity index is 4620. The fraction of sp³-hybridized carbons (Fsp3) is 0.0294. The monoisotopic (exact) mass is 930 g/mol. The minimum Gasteiger partial charge on any atom is -0.376 e. The molecule has 2 aliphatic carbocycles. The van der Waals surface area contributed by atoms with Crippen LogP contribution in [0.3, 0.4) is 0 Å². The Kier molecular flexibility index (Phi) is 8.18. The molecule has 3 aliphatic rings. The fourth-order valence-corrected chi connectivity index (χ4v) is 13.2. The summed E-state index contributed by atoms with van der Waals surface area (Å²) in [5.41, 5.74) is 19.1. The highest BCUT2D eigenvalue weighted by Gasteiger charge is 2.52. The second-order valence-corrected chi connectivity index (χ2v) is 19.7. The van der Waals surface area contributed by atoms with E-state index in [0.29, 0.717) is 0 Å². The number of nitrogens with zero attached hydrogens (tertiary/aromatic N) is 4. The standard InChI is InChI=1S/C34H22N2O.C34H20N2/c37-34(26-15-5-2-14-25(26)33-28(34)21-22-11-1-7-17-29(22)35-33)27-16-6-10-20-32(27)36-30-18-8-3-12-23(30)24-13-4-9-19-31(24)36;1-6-17-29-21(10-1)20-28-32(35-29)24-12-2-4-14-25(24)34(28)26-15-5-8-19-31(26)36-30-18-7-3-11-22(30)23-13-9-16-27(34)33(23)36/h1-21,37H;1-20H. The molecule has 5 heterocycles. The maximum absolute atomic E-state index is 12.9. The van der Waals surface area contributed by atoms with Gasteiger partial charge < -0.3 is 14.2 Å². The number of hydrogen-bond donors (Lipinski definition) is 1. The van der Waals surface area contributed by atoms with Crippen molar-refractivity contribution >= 4 is 65.4 Å². The molecule has 2 atom stereocenters. The summed E-state index contributed by atoms with van der Waals surface area (Å²) in [7, 11) is 0. The van der Waals surface area contributed by atoms with E-state index in [1.807, 2.05) is 48.5 Å². The van der Waals surface area contributed by atoms with E-state index in [9.17, 15) is 5.11 Å². The third-order valence-electron chi connectivity index (χ3n) is 16.2. The van der Waals surface area contributed by atoms with E-state index in [2.05, 4.69) is 209 Å². The summed E-state index contributed by atoms with van der Waals surface area (Å²) in [6.07, 6.45) is 0. The average molecular weight is 931 g/mol. The number of rotatable bonds is 2. The van der Waals surface area contributed by atoms with Gasteiger partial charge in [-0.25, -0.2) is 9.97 Å². The molecule has 1 aliphatic heterocycles. The van der Waals surface area contributed by atoms with Gasteiger partial charge in [-0.1, -0.05) is 194 Å². The number of fused-ring (bicyclic) bond motifs is 20. The SMILES string of the molecule is OC1(c2ccccc2-n2c3ccccc3c3ccccc32)c2ccccc2-c2nc3ccccc3cc21.c1ccc2c(c1)-c1nc3ccccc3cc1C21c2ccccc2-n2c3ccccc3c3cccc1c32. The lowest BCUT2D eigenvalue weighted by Crippen LogP contribution is -2.33. The second-order valence-electron chi connectivity index (χ2n) is 19.7. The third-order valence-corrected chi connectivity index (χ3v) is 16.2. The number of aliphatic hydroxyl groups is 1. The second kappa shape index (κ2) is 14.8.